The molecular weight excluding hydrogens is 359 g/mol. The third-order valence-corrected chi connectivity index (χ3v) is 3.36. The van der Waals surface area contributed by atoms with E-state index >= 15 is 0 Å². The van der Waals surface area contributed by atoms with E-state index < -0.39 is 18.0 Å². The highest BCUT2D eigenvalue weighted by atomic mass is 19.4. The van der Waals surface area contributed by atoms with Gasteiger partial charge in [0.15, 0.2) is 11.6 Å². The van der Waals surface area contributed by atoms with Crippen LogP contribution < -0.4 is 10.5 Å². The van der Waals surface area contributed by atoms with Crippen LogP contribution in [0.5, 0.6) is 5.75 Å². The predicted molar refractivity (Wildman–Crippen MR) is 83.3 cm³/mol. The lowest BCUT2D eigenvalue weighted by Crippen LogP contribution is -2.41. The van der Waals surface area contributed by atoms with Gasteiger partial charge >= 0.3 is 12.3 Å². The van der Waals surface area contributed by atoms with Gasteiger partial charge in [-0.1, -0.05) is 0 Å². The number of halogens is 5. The second kappa shape index (κ2) is 6.28. The van der Waals surface area contributed by atoms with Crippen molar-refractivity contribution in [2.24, 2.45) is 0 Å². The van der Waals surface area contributed by atoms with Crippen LogP contribution in [0.2, 0.25) is 0 Å². The van der Waals surface area contributed by atoms with Gasteiger partial charge < -0.3 is 10.5 Å². The van der Waals surface area contributed by atoms with Crippen LogP contribution in [0.15, 0.2) is 48.5 Å². The normalized spacial score (nSPS) is 12.2. The minimum absolute atomic E-state index is 0.242. The molecule has 0 fully saturated rings. The maximum atomic E-state index is 12.9. The molecule has 0 saturated heterocycles. The molecule has 0 spiro atoms. The Morgan fingerprint density at radius 1 is 0.846 bits per heavy atom. The first-order chi connectivity index (χ1) is 12.2. The summed E-state index contributed by atoms with van der Waals surface area (Å²) >= 11 is 0. The number of nitrogens with two attached hydrogens (primary N) is 1. The summed E-state index contributed by atoms with van der Waals surface area (Å²) in [7, 11) is 0. The molecule has 3 rings (SSSR count). The summed E-state index contributed by atoms with van der Waals surface area (Å²) in [5.41, 5.74) is 7.32. The van der Waals surface area contributed by atoms with Gasteiger partial charge in [-0.05, 0) is 48.5 Å². The molecule has 0 unspecified atom stereocenters. The number of ether oxygens (including phenoxy) is 1. The van der Waals surface area contributed by atoms with Crippen molar-refractivity contribution in [3.05, 3.63) is 48.5 Å². The number of alkyl halides is 5. The minimum atomic E-state index is -5.80. The molecule has 0 bridgehead atoms. The van der Waals surface area contributed by atoms with E-state index in [0.29, 0.717) is 17.1 Å². The highest BCUT2D eigenvalue weighted by Gasteiger charge is 2.61. The number of nitrogen functional groups attached to an aromatic ring is 1. The molecule has 136 valence electrons. The molecule has 5 nitrogen and oxygen atoms in total. The van der Waals surface area contributed by atoms with Gasteiger partial charge in [0.2, 0.25) is 0 Å². The Morgan fingerprint density at radius 3 is 2.00 bits per heavy atom. The van der Waals surface area contributed by atoms with Gasteiger partial charge in [-0.15, -0.1) is 0 Å². The quantitative estimate of drug-likeness (QED) is 0.532. The molecule has 3 N–H and O–H groups in total. The van der Waals surface area contributed by atoms with E-state index in [9.17, 15) is 22.0 Å². The number of rotatable bonds is 4. The zero-order chi connectivity index (χ0) is 18.9. The summed E-state index contributed by atoms with van der Waals surface area (Å²) in [6, 6.07) is 11.3. The standard InChI is InChI=1S/C16H11F5N4O/c17-15(18,19)16(20,21)26-12-7-3-10(4-8-12)14-23-13(24-25-14)9-1-5-11(22)6-2-9/h1-8H,22H2,(H,23,24,25). The van der Waals surface area contributed by atoms with E-state index in [1.54, 1.807) is 24.3 Å². The van der Waals surface area contributed by atoms with Crippen molar-refractivity contribution >= 4 is 5.69 Å². The molecule has 0 radical (unpaired) electrons. The fourth-order valence-corrected chi connectivity index (χ4v) is 2.04. The number of nitrogens with zero attached hydrogens (tertiary/aromatic N) is 2. The molecule has 1 heterocycles. The first kappa shape index (κ1) is 17.6. The summed E-state index contributed by atoms with van der Waals surface area (Å²) in [6.45, 7) is 0. The topological polar surface area (TPSA) is 76.8 Å². The highest BCUT2D eigenvalue weighted by molar-refractivity contribution is 5.63. The molecule has 0 aliphatic rings. The summed E-state index contributed by atoms with van der Waals surface area (Å²) in [5.74, 6) is 0.0558. The second-order valence-corrected chi connectivity index (χ2v) is 5.27. The summed E-state index contributed by atoms with van der Waals surface area (Å²) < 4.78 is 65.9. The van der Waals surface area contributed by atoms with Crippen molar-refractivity contribution in [2.45, 2.75) is 12.3 Å². The zero-order valence-corrected chi connectivity index (χ0v) is 12.9. The predicted octanol–water partition coefficient (Wildman–Crippen LogP) is 4.25. The van der Waals surface area contributed by atoms with Crippen molar-refractivity contribution < 1.29 is 26.7 Å². The molecular formula is C16H11F5N4O. The van der Waals surface area contributed by atoms with Crippen molar-refractivity contribution in [1.82, 2.24) is 15.2 Å². The number of aromatic amines is 1. The van der Waals surface area contributed by atoms with E-state index in [1.807, 2.05) is 0 Å². The highest BCUT2D eigenvalue weighted by Crippen LogP contribution is 2.37. The average molecular weight is 370 g/mol. The molecule has 1 aromatic heterocycles. The molecule has 0 amide bonds. The second-order valence-electron chi connectivity index (χ2n) is 5.27. The van der Waals surface area contributed by atoms with Gasteiger partial charge in [-0.25, -0.2) is 4.98 Å². The average Bonchev–Trinajstić information content (AvgIpc) is 3.05. The number of aromatic nitrogens is 3. The van der Waals surface area contributed by atoms with Gasteiger partial charge in [0, 0.05) is 16.8 Å². The van der Waals surface area contributed by atoms with Crippen LogP contribution in [0.1, 0.15) is 0 Å². The first-order valence-electron chi connectivity index (χ1n) is 7.18. The Bertz CT molecular complexity index is 888. The van der Waals surface area contributed by atoms with Crippen LogP contribution in [-0.4, -0.2) is 27.5 Å². The van der Waals surface area contributed by atoms with E-state index in [0.717, 1.165) is 17.7 Å². The fraction of sp³-hybridized carbons (Fsp3) is 0.125. The Hall–Kier alpha value is -3.17. The van der Waals surface area contributed by atoms with Crippen LogP contribution in [0.4, 0.5) is 27.6 Å². The maximum absolute atomic E-state index is 12.9. The summed E-state index contributed by atoms with van der Waals surface area (Å²) in [6.07, 6.45) is -11.1. The van der Waals surface area contributed by atoms with Crippen molar-refractivity contribution in [1.29, 1.82) is 0 Å². The molecule has 10 heteroatoms. The lowest BCUT2D eigenvalue weighted by atomic mass is 10.2. The van der Waals surface area contributed by atoms with Crippen molar-refractivity contribution in [3.63, 3.8) is 0 Å². The Balaban J connectivity index is 1.78. The van der Waals surface area contributed by atoms with Crippen molar-refractivity contribution in [2.75, 3.05) is 5.73 Å². The van der Waals surface area contributed by atoms with Gasteiger partial charge in [-0.2, -0.15) is 27.1 Å². The van der Waals surface area contributed by atoms with E-state index in [1.165, 1.54) is 12.1 Å². The van der Waals surface area contributed by atoms with Gasteiger partial charge in [0.05, 0.1) is 0 Å². The zero-order valence-electron chi connectivity index (χ0n) is 12.9. The lowest BCUT2D eigenvalue weighted by molar-refractivity contribution is -0.360. The molecule has 0 aliphatic carbocycles. The third kappa shape index (κ3) is 3.58. The largest absolute Gasteiger partial charge is 0.499 e. The SMILES string of the molecule is Nc1ccc(-c2nc(-c3ccc(OC(F)(F)C(F)(F)F)cc3)n[nH]2)cc1. The minimum Gasteiger partial charge on any atom is -0.426 e. The molecule has 0 aliphatic heterocycles. The summed E-state index contributed by atoms with van der Waals surface area (Å²) in [4.78, 5) is 4.25. The Labute approximate surface area is 143 Å². The Morgan fingerprint density at radius 2 is 1.42 bits per heavy atom. The molecule has 3 aromatic rings. The van der Waals surface area contributed by atoms with E-state index in [4.69, 9.17) is 5.73 Å². The molecule has 26 heavy (non-hydrogen) atoms. The van der Waals surface area contributed by atoms with Crippen LogP contribution in [0.25, 0.3) is 22.8 Å². The van der Waals surface area contributed by atoms with Crippen LogP contribution in [-0.2, 0) is 0 Å². The maximum Gasteiger partial charge on any atom is 0.499 e. The van der Waals surface area contributed by atoms with Gasteiger partial charge in [0.1, 0.15) is 5.75 Å². The van der Waals surface area contributed by atoms with E-state index in [2.05, 4.69) is 19.9 Å². The third-order valence-electron chi connectivity index (χ3n) is 3.36. The number of H-pyrrole nitrogens is 1. The number of hydrogen-bond acceptors (Lipinski definition) is 4. The number of anilines is 1. The number of benzene rings is 2. The van der Waals surface area contributed by atoms with Crippen LogP contribution >= 0.6 is 0 Å². The Kier molecular flexibility index (Phi) is 4.26. The van der Waals surface area contributed by atoms with E-state index in [-0.39, 0.29) is 5.82 Å². The molecule has 2 aromatic carbocycles. The molecule has 0 saturated carbocycles. The van der Waals surface area contributed by atoms with Crippen molar-refractivity contribution in [3.8, 4) is 28.5 Å². The van der Waals surface area contributed by atoms with Crippen LogP contribution in [0.3, 0.4) is 0 Å². The smallest absolute Gasteiger partial charge is 0.426 e. The number of nitrogens with one attached hydrogen (secondary N) is 1. The molecule has 0 atom stereocenters. The van der Waals surface area contributed by atoms with Crippen LogP contribution in [0, 0.1) is 0 Å². The first-order valence-corrected chi connectivity index (χ1v) is 7.18. The number of hydrogen-bond donors (Lipinski definition) is 2. The van der Waals surface area contributed by atoms with Gasteiger partial charge in [-0.3, -0.25) is 5.10 Å². The fourth-order valence-electron chi connectivity index (χ4n) is 2.04. The van der Waals surface area contributed by atoms with Gasteiger partial charge in [0.25, 0.3) is 0 Å². The monoisotopic (exact) mass is 370 g/mol. The summed E-state index contributed by atoms with van der Waals surface area (Å²) in [5, 5.41) is 6.70. The lowest BCUT2D eigenvalue weighted by Gasteiger charge is -2.20.